The van der Waals surface area contributed by atoms with Gasteiger partial charge in [-0.25, -0.2) is 9.78 Å². The number of aryl methyl sites for hydroxylation is 2. The van der Waals surface area contributed by atoms with Crippen molar-refractivity contribution < 1.29 is 14.3 Å². The van der Waals surface area contributed by atoms with Gasteiger partial charge in [-0.15, -0.1) is 0 Å². The summed E-state index contributed by atoms with van der Waals surface area (Å²) in [6.07, 6.45) is 7.22. The van der Waals surface area contributed by atoms with Gasteiger partial charge < -0.3 is 4.74 Å². The predicted molar refractivity (Wildman–Crippen MR) is 145 cm³/mol. The Bertz CT molecular complexity index is 1320. The van der Waals surface area contributed by atoms with E-state index in [-0.39, 0.29) is 12.4 Å². The number of aromatic nitrogens is 1. The van der Waals surface area contributed by atoms with Crippen LogP contribution in [0.3, 0.4) is 0 Å². The molecule has 0 saturated carbocycles. The minimum Gasteiger partial charge on any atom is -0.454 e. The van der Waals surface area contributed by atoms with E-state index < -0.39 is 5.97 Å². The number of ketones is 1. The summed E-state index contributed by atoms with van der Waals surface area (Å²) >= 11 is 0. The van der Waals surface area contributed by atoms with Gasteiger partial charge in [-0.05, 0) is 37.5 Å². The topological polar surface area (TPSA) is 56.3 Å². The van der Waals surface area contributed by atoms with E-state index >= 15 is 0 Å². The van der Waals surface area contributed by atoms with Crippen LogP contribution in [0.4, 0.5) is 0 Å². The van der Waals surface area contributed by atoms with Crippen molar-refractivity contribution in [2.24, 2.45) is 0 Å². The van der Waals surface area contributed by atoms with Crippen LogP contribution in [0.5, 0.6) is 0 Å². The first-order valence-corrected chi connectivity index (χ1v) is 12.8. The first kappa shape index (κ1) is 25.3. The molecule has 0 N–H and O–H groups in total. The zero-order valence-corrected chi connectivity index (χ0v) is 21.1. The lowest BCUT2D eigenvalue weighted by Crippen LogP contribution is -2.15. The highest BCUT2D eigenvalue weighted by molar-refractivity contribution is 6.06. The smallest absolute Gasteiger partial charge is 0.339 e. The summed E-state index contributed by atoms with van der Waals surface area (Å²) in [5.41, 5.74) is 5.66. The Balaban J connectivity index is 1.43. The Kier molecular flexibility index (Phi) is 8.62. The molecule has 1 aromatic heterocycles. The van der Waals surface area contributed by atoms with E-state index in [1.807, 2.05) is 79.7 Å². The number of hydrogen-bond acceptors (Lipinski definition) is 4. The number of benzene rings is 3. The van der Waals surface area contributed by atoms with Crippen molar-refractivity contribution in [3.8, 4) is 11.3 Å². The SMILES string of the molecule is CCCCCCCc1ccc(C(=O)COC(=O)c2cc(-c3ccc(C)cc3)nc3ccccc23)cc1. The molecule has 0 amide bonds. The van der Waals surface area contributed by atoms with Gasteiger partial charge in [0.1, 0.15) is 0 Å². The summed E-state index contributed by atoms with van der Waals surface area (Å²) in [5.74, 6) is -0.742. The van der Waals surface area contributed by atoms with Crippen molar-refractivity contribution in [1.29, 1.82) is 0 Å². The zero-order chi connectivity index (χ0) is 25.3. The molecule has 3 aromatic carbocycles. The second-order valence-corrected chi connectivity index (χ2v) is 9.30. The average molecular weight is 480 g/mol. The molecule has 0 fully saturated rings. The molecule has 0 atom stereocenters. The number of unbranched alkanes of at least 4 members (excludes halogenated alkanes) is 4. The van der Waals surface area contributed by atoms with Crippen LogP contribution in [-0.4, -0.2) is 23.3 Å². The maximum Gasteiger partial charge on any atom is 0.339 e. The lowest BCUT2D eigenvalue weighted by Gasteiger charge is -2.10. The van der Waals surface area contributed by atoms with Crippen molar-refractivity contribution in [2.75, 3.05) is 6.61 Å². The van der Waals surface area contributed by atoms with E-state index in [2.05, 4.69) is 6.92 Å². The highest BCUT2D eigenvalue weighted by Gasteiger charge is 2.17. The highest BCUT2D eigenvalue weighted by Crippen LogP contribution is 2.26. The zero-order valence-electron chi connectivity index (χ0n) is 21.1. The van der Waals surface area contributed by atoms with Crippen molar-refractivity contribution in [3.05, 3.63) is 101 Å². The summed E-state index contributed by atoms with van der Waals surface area (Å²) in [4.78, 5) is 30.5. The number of esters is 1. The number of para-hydroxylation sites is 1. The van der Waals surface area contributed by atoms with Gasteiger partial charge in [-0.2, -0.15) is 0 Å². The van der Waals surface area contributed by atoms with Crippen molar-refractivity contribution in [1.82, 2.24) is 4.98 Å². The molecule has 0 unspecified atom stereocenters. The molecule has 4 heteroatoms. The van der Waals surface area contributed by atoms with E-state index in [4.69, 9.17) is 9.72 Å². The number of hydrogen-bond donors (Lipinski definition) is 0. The molecule has 0 bridgehead atoms. The normalized spacial score (nSPS) is 10.9. The quantitative estimate of drug-likeness (QED) is 0.125. The van der Waals surface area contributed by atoms with Gasteiger partial charge in [0, 0.05) is 16.5 Å². The number of ether oxygens (including phenoxy) is 1. The molecule has 0 aliphatic carbocycles. The molecule has 4 rings (SSSR count). The highest BCUT2D eigenvalue weighted by atomic mass is 16.5. The number of carbonyl (C=O) groups is 2. The van der Waals surface area contributed by atoms with Crippen molar-refractivity contribution in [3.63, 3.8) is 0 Å². The Hall–Kier alpha value is -3.79. The lowest BCUT2D eigenvalue weighted by atomic mass is 10.0. The third-order valence-corrected chi connectivity index (χ3v) is 6.46. The van der Waals surface area contributed by atoms with Gasteiger partial charge in [-0.1, -0.05) is 105 Å². The van der Waals surface area contributed by atoms with E-state index in [1.54, 1.807) is 6.07 Å². The Morgan fingerprint density at radius 2 is 1.56 bits per heavy atom. The first-order chi connectivity index (χ1) is 17.5. The van der Waals surface area contributed by atoms with Crippen LogP contribution >= 0.6 is 0 Å². The van der Waals surface area contributed by atoms with Gasteiger partial charge in [0.15, 0.2) is 12.4 Å². The molecule has 36 heavy (non-hydrogen) atoms. The summed E-state index contributed by atoms with van der Waals surface area (Å²) in [7, 11) is 0. The number of pyridine rings is 1. The summed E-state index contributed by atoms with van der Waals surface area (Å²) in [5, 5.41) is 0.703. The van der Waals surface area contributed by atoms with Crippen LogP contribution in [0.15, 0.2) is 78.9 Å². The van der Waals surface area contributed by atoms with Crippen LogP contribution < -0.4 is 0 Å². The standard InChI is InChI=1S/C32H33NO3/c1-3-4-5-6-7-10-24-15-19-26(20-16-24)31(34)22-36-32(35)28-21-30(25-17-13-23(2)14-18-25)33-29-12-9-8-11-27(28)29/h8-9,11-21H,3-7,10,22H2,1-2H3. The molecule has 0 aliphatic heterocycles. The molecule has 0 saturated heterocycles. The molecule has 0 spiro atoms. The summed E-state index contributed by atoms with van der Waals surface area (Å²) in [6, 6.07) is 24.9. The Morgan fingerprint density at radius 1 is 0.833 bits per heavy atom. The molecule has 0 radical (unpaired) electrons. The fourth-order valence-electron chi connectivity index (χ4n) is 4.30. The van der Waals surface area contributed by atoms with Crippen LogP contribution in [0, 0.1) is 6.92 Å². The number of nitrogens with zero attached hydrogens (tertiary/aromatic N) is 1. The second-order valence-electron chi connectivity index (χ2n) is 9.30. The first-order valence-electron chi connectivity index (χ1n) is 12.8. The number of Topliss-reactive ketones (excluding diaryl/α,β-unsaturated/α-hetero) is 1. The summed E-state index contributed by atoms with van der Waals surface area (Å²) in [6.45, 7) is 3.94. The lowest BCUT2D eigenvalue weighted by molar-refractivity contribution is 0.0476. The largest absolute Gasteiger partial charge is 0.454 e. The maximum atomic E-state index is 13.1. The van der Waals surface area contributed by atoms with Gasteiger partial charge >= 0.3 is 5.97 Å². The van der Waals surface area contributed by atoms with Gasteiger partial charge in [0.05, 0.1) is 16.8 Å². The van der Waals surface area contributed by atoms with Gasteiger partial charge in [-0.3, -0.25) is 4.79 Å². The maximum absolute atomic E-state index is 13.1. The van der Waals surface area contributed by atoms with E-state index in [0.717, 1.165) is 24.0 Å². The van der Waals surface area contributed by atoms with Crippen LogP contribution in [-0.2, 0) is 11.2 Å². The minimum atomic E-state index is -0.529. The van der Waals surface area contributed by atoms with E-state index in [1.165, 1.54) is 31.2 Å². The third kappa shape index (κ3) is 6.45. The molecule has 184 valence electrons. The second kappa shape index (κ2) is 12.3. The molecular weight excluding hydrogens is 446 g/mol. The van der Waals surface area contributed by atoms with E-state index in [0.29, 0.717) is 27.7 Å². The fourth-order valence-corrected chi connectivity index (χ4v) is 4.30. The monoisotopic (exact) mass is 479 g/mol. The molecule has 1 heterocycles. The fraction of sp³-hybridized carbons (Fsp3) is 0.281. The summed E-state index contributed by atoms with van der Waals surface area (Å²) < 4.78 is 5.48. The number of carbonyl (C=O) groups excluding carboxylic acids is 2. The van der Waals surface area contributed by atoms with Crippen LogP contribution in [0.1, 0.15) is 70.9 Å². The Morgan fingerprint density at radius 3 is 2.31 bits per heavy atom. The van der Waals surface area contributed by atoms with Crippen molar-refractivity contribution in [2.45, 2.75) is 52.4 Å². The van der Waals surface area contributed by atoms with Crippen LogP contribution in [0.25, 0.3) is 22.2 Å². The third-order valence-electron chi connectivity index (χ3n) is 6.46. The van der Waals surface area contributed by atoms with E-state index in [9.17, 15) is 9.59 Å². The van der Waals surface area contributed by atoms with Crippen molar-refractivity contribution >= 4 is 22.7 Å². The average Bonchev–Trinajstić information content (AvgIpc) is 2.91. The van der Waals surface area contributed by atoms with Gasteiger partial charge in [0.25, 0.3) is 0 Å². The molecule has 4 nitrogen and oxygen atoms in total. The van der Waals surface area contributed by atoms with Gasteiger partial charge in [0.2, 0.25) is 0 Å². The van der Waals surface area contributed by atoms with Crippen LogP contribution in [0.2, 0.25) is 0 Å². The number of rotatable bonds is 11. The molecular formula is C32H33NO3. The molecule has 4 aromatic rings. The predicted octanol–water partition coefficient (Wildman–Crippen LogP) is 7.76. The molecule has 0 aliphatic rings. The Labute approximate surface area is 213 Å². The number of fused-ring (bicyclic) bond motifs is 1. The minimum absolute atomic E-state index is 0.213.